The van der Waals surface area contributed by atoms with Gasteiger partial charge in [-0.25, -0.2) is 4.39 Å². The van der Waals surface area contributed by atoms with Crippen LogP contribution in [0.4, 0.5) is 10.1 Å². The first-order chi connectivity index (χ1) is 21.8. The molecule has 0 bridgehead atoms. The lowest BCUT2D eigenvalue weighted by molar-refractivity contribution is 0.372. The Bertz CT molecular complexity index is 1930. The van der Waals surface area contributed by atoms with Crippen molar-refractivity contribution in [2.75, 3.05) is 45.6 Å². The normalized spacial score (nSPS) is 15.0. The number of anilines is 1. The molecule has 5 heterocycles. The Labute approximate surface area is 263 Å². The molecule has 8 nitrogen and oxygen atoms in total. The monoisotopic (exact) mass is 604 g/mol. The van der Waals surface area contributed by atoms with Gasteiger partial charge in [-0.2, -0.15) is 5.10 Å². The fourth-order valence-electron chi connectivity index (χ4n) is 5.94. The zero-order valence-electron chi connectivity index (χ0n) is 26.3. The van der Waals surface area contributed by atoms with Gasteiger partial charge in [-0.3, -0.25) is 15.1 Å². The molecule has 0 unspecified atom stereocenters. The van der Waals surface area contributed by atoms with Crippen LogP contribution in [0.3, 0.4) is 0 Å². The predicted octanol–water partition coefficient (Wildman–Crippen LogP) is 4.96. The Morgan fingerprint density at radius 2 is 1.96 bits per heavy atom. The molecule has 1 aliphatic rings. The number of hydrogen-bond donors (Lipinski definition) is 4. The smallest absolute Gasteiger partial charge is 0.125 e. The maximum Gasteiger partial charge on any atom is 0.125 e. The van der Waals surface area contributed by atoms with Crippen LogP contribution >= 0.6 is 0 Å². The Morgan fingerprint density at radius 1 is 1.11 bits per heavy atom. The molecule has 1 aromatic carbocycles. The van der Waals surface area contributed by atoms with E-state index in [1.807, 2.05) is 50.8 Å². The Kier molecular flexibility index (Phi) is 9.18. The molecule has 1 aliphatic heterocycles. The number of allylic oxidation sites excluding steroid dienone is 2. The van der Waals surface area contributed by atoms with E-state index in [4.69, 9.17) is 0 Å². The number of rotatable bonds is 10. The van der Waals surface area contributed by atoms with Crippen molar-refractivity contribution in [3.8, 4) is 22.6 Å². The number of aromatic nitrogens is 5. The van der Waals surface area contributed by atoms with Gasteiger partial charge in [0.15, 0.2) is 0 Å². The molecule has 0 saturated carbocycles. The molecule has 5 aromatic rings. The molecule has 0 radical (unpaired) electrons. The molecule has 1 saturated heterocycles. The maximum absolute atomic E-state index is 14.7. The number of fused-ring (bicyclic) bond motifs is 1. The number of H-pyrrole nitrogens is 2. The lowest BCUT2D eigenvalue weighted by Gasteiger charge is -2.22. The van der Waals surface area contributed by atoms with Crippen molar-refractivity contribution < 1.29 is 4.39 Å². The molecule has 4 N–H and O–H groups in total. The summed E-state index contributed by atoms with van der Waals surface area (Å²) in [7, 11) is 4.02. The summed E-state index contributed by atoms with van der Waals surface area (Å²) in [6, 6.07) is 11.2. The number of nitrogens with one attached hydrogen (secondary N) is 4. The quantitative estimate of drug-likeness (QED) is 0.180. The van der Waals surface area contributed by atoms with E-state index in [1.165, 1.54) is 30.5 Å². The second kappa shape index (κ2) is 13.6. The number of nitrogens with zero attached hydrogens (tertiary/aromatic N) is 4. The van der Waals surface area contributed by atoms with Gasteiger partial charge in [0.2, 0.25) is 0 Å². The Hall–Kier alpha value is -4.60. The number of pyridine rings is 2. The third-order valence-electron chi connectivity index (χ3n) is 8.50. The summed E-state index contributed by atoms with van der Waals surface area (Å²) in [5, 5.41) is 17.0. The number of hydrogen-bond acceptors (Lipinski definition) is 6. The highest BCUT2D eigenvalue weighted by Gasteiger charge is 2.15. The topological polar surface area (TPSA) is 97.5 Å². The number of halogens is 1. The van der Waals surface area contributed by atoms with Crippen LogP contribution in [0.5, 0.6) is 0 Å². The Morgan fingerprint density at radius 3 is 2.78 bits per heavy atom. The standard InChI is InChI=1S/C36H41FN8/c1-23(28-16-26(21-39-22-28)15-25-7-10-38-11-8-25)5-6-32-24(2)35(44-43-32)34-20-31-33(42-34)9-12-41-36(31)27-17-29(37)19-30(18-27)40-13-14-45(3)4/h5-6,9,12,16-22,25,38,40,42-43H,2,7-8,10-11,13-15H2,1,3-4H3/b23-5+,32-6+. The van der Waals surface area contributed by atoms with Crippen LogP contribution in [0.1, 0.15) is 30.9 Å². The fourth-order valence-corrected chi connectivity index (χ4v) is 5.94. The van der Waals surface area contributed by atoms with Crippen LogP contribution in [0.15, 0.2) is 61.1 Å². The van der Waals surface area contributed by atoms with E-state index < -0.39 is 0 Å². The van der Waals surface area contributed by atoms with Gasteiger partial charge in [-0.05, 0) is 118 Å². The molecule has 0 atom stereocenters. The minimum atomic E-state index is -0.311. The van der Waals surface area contributed by atoms with Gasteiger partial charge in [-0.1, -0.05) is 12.7 Å². The average molecular weight is 605 g/mol. The molecule has 9 heteroatoms. The first kappa shape index (κ1) is 30.4. The third-order valence-corrected chi connectivity index (χ3v) is 8.50. The van der Waals surface area contributed by atoms with Gasteiger partial charge >= 0.3 is 0 Å². The first-order valence-electron chi connectivity index (χ1n) is 15.6. The second-order valence-electron chi connectivity index (χ2n) is 12.2. The molecule has 45 heavy (non-hydrogen) atoms. The molecule has 6 rings (SSSR count). The van der Waals surface area contributed by atoms with Crippen molar-refractivity contribution >= 4 is 34.8 Å². The molecule has 0 amide bonds. The largest absolute Gasteiger partial charge is 0.384 e. The van der Waals surface area contributed by atoms with E-state index in [9.17, 15) is 4.39 Å². The fraction of sp³-hybridized carbons (Fsp3) is 0.306. The molecular weight excluding hydrogens is 563 g/mol. The minimum absolute atomic E-state index is 0.311. The van der Waals surface area contributed by atoms with Crippen molar-refractivity contribution in [3.63, 3.8) is 0 Å². The maximum atomic E-state index is 14.7. The van der Waals surface area contributed by atoms with Crippen LogP contribution in [-0.4, -0.2) is 70.3 Å². The number of benzene rings is 1. The second-order valence-corrected chi connectivity index (χ2v) is 12.2. The van der Waals surface area contributed by atoms with E-state index in [2.05, 4.69) is 66.3 Å². The molecular formula is C36H41FN8. The van der Waals surface area contributed by atoms with E-state index >= 15 is 0 Å². The minimum Gasteiger partial charge on any atom is -0.384 e. The number of aromatic amines is 2. The summed E-state index contributed by atoms with van der Waals surface area (Å²) < 4.78 is 14.7. The van der Waals surface area contributed by atoms with Crippen LogP contribution < -0.4 is 21.2 Å². The van der Waals surface area contributed by atoms with Gasteiger partial charge in [0.1, 0.15) is 11.5 Å². The van der Waals surface area contributed by atoms with Crippen molar-refractivity contribution in [2.45, 2.75) is 26.2 Å². The van der Waals surface area contributed by atoms with Crippen molar-refractivity contribution in [2.24, 2.45) is 5.92 Å². The molecule has 232 valence electrons. The highest BCUT2D eigenvalue weighted by Crippen LogP contribution is 2.31. The van der Waals surface area contributed by atoms with Gasteiger partial charge < -0.3 is 20.5 Å². The zero-order valence-corrected chi connectivity index (χ0v) is 26.3. The van der Waals surface area contributed by atoms with Crippen molar-refractivity contribution in [3.05, 3.63) is 88.6 Å². The first-order valence-corrected chi connectivity index (χ1v) is 15.6. The zero-order chi connectivity index (χ0) is 31.3. The summed E-state index contributed by atoms with van der Waals surface area (Å²) >= 11 is 0. The highest BCUT2D eigenvalue weighted by molar-refractivity contribution is 5.96. The SMILES string of the molecule is C=c1c(-c2cc3c(-c4cc(F)cc(NCCN(C)C)c4)nccc3[nH]2)n[nH]/c1=C/C=C(\C)c1cncc(CC2CCNCC2)c1. The van der Waals surface area contributed by atoms with Crippen molar-refractivity contribution in [1.82, 2.24) is 35.4 Å². The van der Waals surface area contributed by atoms with Crippen LogP contribution in [0.25, 0.3) is 51.8 Å². The lowest BCUT2D eigenvalue weighted by atomic mass is 9.91. The summed E-state index contributed by atoms with van der Waals surface area (Å²) in [6.45, 7) is 10.2. The molecule has 1 fully saturated rings. The predicted molar refractivity (Wildman–Crippen MR) is 183 cm³/mol. The summed E-state index contributed by atoms with van der Waals surface area (Å²) in [4.78, 5) is 14.7. The molecule has 0 aliphatic carbocycles. The molecule has 0 spiro atoms. The summed E-state index contributed by atoms with van der Waals surface area (Å²) in [5.41, 5.74) is 8.10. The van der Waals surface area contributed by atoms with Crippen LogP contribution in [0.2, 0.25) is 0 Å². The van der Waals surface area contributed by atoms with E-state index in [-0.39, 0.29) is 5.82 Å². The van der Waals surface area contributed by atoms with E-state index in [0.717, 1.165) is 75.7 Å². The Balaban J connectivity index is 1.25. The van der Waals surface area contributed by atoms with Crippen LogP contribution in [-0.2, 0) is 6.42 Å². The summed E-state index contributed by atoms with van der Waals surface area (Å²) in [5.74, 6) is 0.406. The van der Waals surface area contributed by atoms with E-state index in [1.54, 1.807) is 6.20 Å². The number of piperidine rings is 1. The van der Waals surface area contributed by atoms with Crippen LogP contribution in [0, 0.1) is 11.7 Å². The third kappa shape index (κ3) is 7.21. The average Bonchev–Trinajstić information content (AvgIpc) is 3.63. The van der Waals surface area contributed by atoms with Gasteiger partial charge in [0.05, 0.1) is 16.7 Å². The van der Waals surface area contributed by atoms with Gasteiger partial charge in [-0.15, -0.1) is 0 Å². The summed E-state index contributed by atoms with van der Waals surface area (Å²) in [6.07, 6.45) is 13.3. The van der Waals surface area contributed by atoms with Gasteiger partial charge in [0, 0.05) is 59.1 Å². The van der Waals surface area contributed by atoms with Crippen molar-refractivity contribution in [1.29, 1.82) is 0 Å². The van der Waals surface area contributed by atoms with Gasteiger partial charge in [0.25, 0.3) is 0 Å². The molecule has 4 aromatic heterocycles. The van der Waals surface area contributed by atoms with E-state index in [0.29, 0.717) is 23.7 Å². The number of likely N-dealkylation sites (N-methyl/N-ethyl adjacent to an activating group) is 1. The lowest BCUT2D eigenvalue weighted by Crippen LogP contribution is -2.28. The highest BCUT2D eigenvalue weighted by atomic mass is 19.1.